The first-order valence-corrected chi connectivity index (χ1v) is 7.76. The van der Waals surface area contributed by atoms with Crippen LogP contribution in [0, 0.1) is 0 Å². The van der Waals surface area contributed by atoms with Crippen molar-refractivity contribution in [2.24, 2.45) is 0 Å². The Morgan fingerprint density at radius 3 is 3.00 bits per heavy atom. The van der Waals surface area contributed by atoms with Gasteiger partial charge in [-0.3, -0.25) is 0 Å². The zero-order chi connectivity index (χ0) is 14.4. The molecule has 4 heteroatoms. The second kappa shape index (κ2) is 7.99. The van der Waals surface area contributed by atoms with Gasteiger partial charge >= 0.3 is 0 Å². The van der Waals surface area contributed by atoms with E-state index in [-0.39, 0.29) is 0 Å². The minimum atomic E-state index is -0.455. The number of likely N-dealkylation sites (N-methyl/N-ethyl adjacent to an activating group) is 1. The van der Waals surface area contributed by atoms with Crippen LogP contribution in [0.15, 0.2) is 24.3 Å². The van der Waals surface area contributed by atoms with Crippen LogP contribution in [0.1, 0.15) is 37.4 Å². The third-order valence-corrected chi connectivity index (χ3v) is 4.04. The molecule has 0 aliphatic carbocycles. The molecule has 1 fully saturated rings. The number of rotatable bonds is 6. The van der Waals surface area contributed by atoms with Crippen molar-refractivity contribution in [3.63, 3.8) is 0 Å². The number of hydrogen-bond donors (Lipinski definition) is 1. The van der Waals surface area contributed by atoms with Gasteiger partial charge in [-0.2, -0.15) is 0 Å². The smallest absolute Gasteiger partial charge is 0.0802 e. The molecule has 0 amide bonds. The van der Waals surface area contributed by atoms with E-state index in [9.17, 15) is 5.11 Å². The molecule has 0 spiro atoms. The van der Waals surface area contributed by atoms with Crippen molar-refractivity contribution in [2.45, 2.75) is 37.9 Å². The summed E-state index contributed by atoms with van der Waals surface area (Å²) >= 11 is 5.94. The van der Waals surface area contributed by atoms with E-state index >= 15 is 0 Å². The molecule has 112 valence electrons. The molecule has 0 bridgehead atoms. The summed E-state index contributed by atoms with van der Waals surface area (Å²) in [5.74, 6) is 0. The average molecular weight is 298 g/mol. The number of halogens is 1. The van der Waals surface area contributed by atoms with Gasteiger partial charge in [-0.15, -0.1) is 0 Å². The molecular weight excluding hydrogens is 274 g/mol. The minimum absolute atomic E-state index is 0.358. The van der Waals surface area contributed by atoms with Gasteiger partial charge in [0.1, 0.15) is 0 Å². The Labute approximate surface area is 126 Å². The van der Waals surface area contributed by atoms with E-state index in [1.165, 1.54) is 12.8 Å². The average Bonchev–Trinajstić information content (AvgIpc) is 2.46. The Kier molecular flexibility index (Phi) is 6.30. The molecule has 1 aromatic carbocycles. The molecule has 2 rings (SSSR count). The lowest BCUT2D eigenvalue weighted by molar-refractivity contribution is -0.00327. The summed E-state index contributed by atoms with van der Waals surface area (Å²) in [6.07, 6.45) is 4.22. The Morgan fingerprint density at radius 1 is 1.45 bits per heavy atom. The third kappa shape index (κ3) is 5.06. The van der Waals surface area contributed by atoms with Crippen LogP contribution in [0.4, 0.5) is 0 Å². The number of aliphatic hydroxyl groups excluding tert-OH is 1. The quantitative estimate of drug-likeness (QED) is 0.875. The van der Waals surface area contributed by atoms with E-state index in [1.54, 1.807) is 0 Å². The van der Waals surface area contributed by atoms with Crippen molar-refractivity contribution >= 4 is 11.6 Å². The maximum Gasteiger partial charge on any atom is 0.0802 e. The van der Waals surface area contributed by atoms with E-state index in [2.05, 4.69) is 11.9 Å². The van der Waals surface area contributed by atoms with Crippen molar-refractivity contribution in [1.29, 1.82) is 0 Å². The molecule has 1 aliphatic heterocycles. The molecule has 3 nitrogen and oxygen atoms in total. The first-order valence-electron chi connectivity index (χ1n) is 7.39. The molecule has 0 radical (unpaired) electrons. The molecule has 1 saturated heterocycles. The summed E-state index contributed by atoms with van der Waals surface area (Å²) in [5.41, 5.74) is 0.889. The summed E-state index contributed by atoms with van der Waals surface area (Å²) in [7, 11) is 2.09. The van der Waals surface area contributed by atoms with Crippen LogP contribution < -0.4 is 0 Å². The second-order valence-corrected chi connectivity index (χ2v) is 6.05. The predicted molar refractivity (Wildman–Crippen MR) is 82.1 cm³/mol. The number of nitrogens with zero attached hydrogens (tertiary/aromatic N) is 1. The van der Waals surface area contributed by atoms with Gasteiger partial charge in [-0.05, 0) is 50.4 Å². The van der Waals surface area contributed by atoms with Crippen molar-refractivity contribution in [3.8, 4) is 0 Å². The van der Waals surface area contributed by atoms with Crippen LogP contribution in [0.3, 0.4) is 0 Å². The summed E-state index contributed by atoms with van der Waals surface area (Å²) in [4.78, 5) is 2.24. The van der Waals surface area contributed by atoms with Gasteiger partial charge in [0.25, 0.3) is 0 Å². The molecule has 0 aromatic heterocycles. The Hall–Kier alpha value is -0.610. The molecule has 1 aromatic rings. The summed E-state index contributed by atoms with van der Waals surface area (Å²) < 4.78 is 5.73. The van der Waals surface area contributed by atoms with E-state index in [4.69, 9.17) is 16.3 Å². The number of aliphatic hydroxyl groups is 1. The topological polar surface area (TPSA) is 32.7 Å². The highest BCUT2D eigenvalue weighted by Gasteiger charge is 2.16. The normalized spacial score (nSPS) is 21.1. The SMILES string of the molecule is CN(CCC(O)c1cccc(Cl)c1)CC1CCCCO1. The van der Waals surface area contributed by atoms with Crippen molar-refractivity contribution in [2.75, 3.05) is 26.7 Å². The maximum atomic E-state index is 10.2. The van der Waals surface area contributed by atoms with E-state index in [0.29, 0.717) is 17.5 Å². The van der Waals surface area contributed by atoms with Gasteiger partial charge < -0.3 is 14.7 Å². The molecule has 20 heavy (non-hydrogen) atoms. The monoisotopic (exact) mass is 297 g/mol. The van der Waals surface area contributed by atoms with E-state index < -0.39 is 6.10 Å². The first kappa shape index (κ1) is 15.8. The molecule has 1 heterocycles. The summed E-state index contributed by atoms with van der Waals surface area (Å²) in [5, 5.41) is 10.9. The van der Waals surface area contributed by atoms with Gasteiger partial charge in [0.2, 0.25) is 0 Å². The van der Waals surface area contributed by atoms with Gasteiger partial charge in [0.15, 0.2) is 0 Å². The van der Waals surface area contributed by atoms with Gasteiger partial charge in [0.05, 0.1) is 12.2 Å². The zero-order valence-corrected chi connectivity index (χ0v) is 12.9. The Bertz CT molecular complexity index is 407. The fourth-order valence-electron chi connectivity index (χ4n) is 2.61. The molecule has 1 aliphatic rings. The number of benzene rings is 1. The number of ether oxygens (including phenoxy) is 1. The fraction of sp³-hybridized carbons (Fsp3) is 0.625. The van der Waals surface area contributed by atoms with Crippen LogP contribution in [0.2, 0.25) is 5.02 Å². The summed E-state index contributed by atoms with van der Waals surface area (Å²) in [6.45, 7) is 2.69. The molecule has 2 atom stereocenters. The van der Waals surface area contributed by atoms with Crippen LogP contribution in [0.5, 0.6) is 0 Å². The predicted octanol–water partition coefficient (Wildman–Crippen LogP) is 3.26. The van der Waals surface area contributed by atoms with Crippen molar-refractivity contribution in [3.05, 3.63) is 34.9 Å². The van der Waals surface area contributed by atoms with Crippen LogP contribution in [-0.4, -0.2) is 42.9 Å². The van der Waals surface area contributed by atoms with E-state index in [1.807, 2.05) is 24.3 Å². The third-order valence-electron chi connectivity index (χ3n) is 3.81. The molecule has 0 saturated carbocycles. The molecular formula is C16H24ClNO2. The van der Waals surface area contributed by atoms with Crippen LogP contribution in [0.25, 0.3) is 0 Å². The lowest BCUT2D eigenvalue weighted by Gasteiger charge is -2.27. The highest BCUT2D eigenvalue weighted by molar-refractivity contribution is 6.30. The van der Waals surface area contributed by atoms with Gasteiger partial charge in [0, 0.05) is 24.7 Å². The Balaban J connectivity index is 1.73. The Morgan fingerprint density at radius 2 is 2.30 bits per heavy atom. The lowest BCUT2D eigenvalue weighted by atomic mass is 10.1. The standard InChI is InChI=1S/C16H24ClNO2/c1-18(12-15-7-2-3-10-20-15)9-8-16(19)13-5-4-6-14(17)11-13/h4-6,11,15-16,19H,2-3,7-10,12H2,1H3. The maximum absolute atomic E-state index is 10.2. The van der Waals surface area contributed by atoms with E-state index in [0.717, 1.165) is 31.7 Å². The number of hydrogen-bond acceptors (Lipinski definition) is 3. The first-order chi connectivity index (χ1) is 9.65. The van der Waals surface area contributed by atoms with Crippen LogP contribution in [-0.2, 0) is 4.74 Å². The van der Waals surface area contributed by atoms with Crippen molar-refractivity contribution < 1.29 is 9.84 Å². The van der Waals surface area contributed by atoms with Crippen LogP contribution >= 0.6 is 11.6 Å². The minimum Gasteiger partial charge on any atom is -0.388 e. The van der Waals surface area contributed by atoms with Crippen molar-refractivity contribution in [1.82, 2.24) is 4.90 Å². The molecule has 1 N–H and O–H groups in total. The zero-order valence-electron chi connectivity index (χ0n) is 12.1. The van der Waals surface area contributed by atoms with Gasteiger partial charge in [-0.25, -0.2) is 0 Å². The largest absolute Gasteiger partial charge is 0.388 e. The summed E-state index contributed by atoms with van der Waals surface area (Å²) in [6, 6.07) is 7.45. The fourth-order valence-corrected chi connectivity index (χ4v) is 2.81. The highest BCUT2D eigenvalue weighted by atomic mass is 35.5. The van der Waals surface area contributed by atoms with Gasteiger partial charge in [-0.1, -0.05) is 23.7 Å². The molecule has 2 unspecified atom stereocenters. The highest BCUT2D eigenvalue weighted by Crippen LogP contribution is 2.21. The lowest BCUT2D eigenvalue weighted by Crippen LogP contribution is -2.34. The second-order valence-electron chi connectivity index (χ2n) is 5.61.